The van der Waals surface area contributed by atoms with E-state index in [-0.39, 0.29) is 5.56 Å². The van der Waals surface area contributed by atoms with E-state index < -0.39 is 0 Å². The summed E-state index contributed by atoms with van der Waals surface area (Å²) < 4.78 is 1.60. The van der Waals surface area contributed by atoms with Gasteiger partial charge in [0, 0.05) is 32.4 Å². The number of benzene rings is 1. The number of nitrogens with zero attached hydrogens (tertiary/aromatic N) is 5. The Morgan fingerprint density at radius 2 is 2.00 bits per heavy atom. The lowest BCUT2D eigenvalue weighted by Gasteiger charge is -2.30. The molecule has 2 aromatic heterocycles. The summed E-state index contributed by atoms with van der Waals surface area (Å²) in [6.07, 6.45) is 6.32. The van der Waals surface area contributed by atoms with Crippen molar-refractivity contribution in [3.63, 3.8) is 0 Å². The first kappa shape index (κ1) is 17.2. The topological polar surface area (TPSA) is 63.9 Å². The molecule has 0 fully saturated rings. The van der Waals surface area contributed by atoms with Crippen molar-refractivity contribution in [1.82, 2.24) is 19.5 Å². The maximum atomic E-state index is 12.5. The van der Waals surface area contributed by atoms with Gasteiger partial charge in [-0.25, -0.2) is 15.0 Å². The Bertz CT molecular complexity index is 1060. The highest BCUT2D eigenvalue weighted by Gasteiger charge is 2.20. The first-order chi connectivity index (χ1) is 13.1. The largest absolute Gasteiger partial charge is 0.338 e. The van der Waals surface area contributed by atoms with Crippen molar-refractivity contribution in [2.45, 2.75) is 6.42 Å². The van der Waals surface area contributed by atoms with E-state index in [1.165, 1.54) is 29.0 Å². The highest BCUT2D eigenvalue weighted by Crippen LogP contribution is 2.24. The van der Waals surface area contributed by atoms with Gasteiger partial charge in [0.2, 0.25) is 5.95 Å². The Labute approximate surface area is 158 Å². The fraction of sp³-hybridized carbons (Fsp3) is 0.200. The van der Waals surface area contributed by atoms with Crippen LogP contribution in [-0.4, -0.2) is 40.5 Å². The fourth-order valence-electron chi connectivity index (χ4n) is 3.43. The molecule has 0 bridgehead atoms. The molecule has 7 heteroatoms. The van der Waals surface area contributed by atoms with E-state index in [4.69, 9.17) is 4.98 Å². The molecule has 3 heterocycles. The van der Waals surface area contributed by atoms with E-state index in [0.717, 1.165) is 19.5 Å². The zero-order chi connectivity index (χ0) is 18.8. The van der Waals surface area contributed by atoms with Crippen molar-refractivity contribution in [2.75, 3.05) is 18.0 Å². The number of hydrogen-bond acceptors (Lipinski definition) is 5. The SMILES string of the molecule is Bc1ccccc1C1=CCCN(c2nc(-c3ccncn3)cc(=O)n2C)C1. The van der Waals surface area contributed by atoms with Gasteiger partial charge in [0.25, 0.3) is 5.56 Å². The molecular weight excluding hydrogens is 337 g/mol. The lowest BCUT2D eigenvalue weighted by atomic mass is 9.86. The van der Waals surface area contributed by atoms with Crippen LogP contribution in [0.3, 0.4) is 0 Å². The Kier molecular flexibility index (Phi) is 4.58. The minimum absolute atomic E-state index is 0.0967. The number of aromatic nitrogens is 4. The summed E-state index contributed by atoms with van der Waals surface area (Å²) in [5.41, 5.74) is 4.89. The molecule has 134 valence electrons. The molecule has 4 rings (SSSR count). The zero-order valence-electron chi connectivity index (χ0n) is 15.5. The Morgan fingerprint density at radius 1 is 1.15 bits per heavy atom. The van der Waals surface area contributed by atoms with Crippen LogP contribution in [0, 0.1) is 0 Å². The molecular formula is C20H20BN5O. The number of rotatable bonds is 3. The first-order valence-electron chi connectivity index (χ1n) is 8.98. The maximum absolute atomic E-state index is 12.5. The molecule has 0 N–H and O–H groups in total. The summed E-state index contributed by atoms with van der Waals surface area (Å²) in [4.78, 5) is 27.6. The average molecular weight is 357 g/mol. The van der Waals surface area contributed by atoms with Gasteiger partial charge in [0.1, 0.15) is 14.2 Å². The molecule has 0 radical (unpaired) electrons. The van der Waals surface area contributed by atoms with Crippen molar-refractivity contribution in [3.8, 4) is 11.4 Å². The van der Waals surface area contributed by atoms with Crippen molar-refractivity contribution < 1.29 is 0 Å². The van der Waals surface area contributed by atoms with Gasteiger partial charge < -0.3 is 4.90 Å². The molecule has 0 atom stereocenters. The van der Waals surface area contributed by atoms with Crippen LogP contribution >= 0.6 is 0 Å². The lowest BCUT2D eigenvalue weighted by molar-refractivity contribution is 0.726. The van der Waals surface area contributed by atoms with Crippen LogP contribution in [0.5, 0.6) is 0 Å². The Morgan fingerprint density at radius 3 is 2.78 bits per heavy atom. The third-order valence-electron chi connectivity index (χ3n) is 4.88. The Balaban J connectivity index is 1.72. The molecule has 0 saturated heterocycles. The van der Waals surface area contributed by atoms with Crippen LogP contribution in [0.25, 0.3) is 17.0 Å². The third-order valence-corrected chi connectivity index (χ3v) is 4.88. The zero-order valence-corrected chi connectivity index (χ0v) is 15.5. The average Bonchev–Trinajstić information content (AvgIpc) is 2.71. The van der Waals surface area contributed by atoms with E-state index in [9.17, 15) is 4.79 Å². The maximum Gasteiger partial charge on any atom is 0.255 e. The molecule has 1 aliphatic rings. The van der Waals surface area contributed by atoms with Crippen molar-refractivity contribution in [1.29, 1.82) is 0 Å². The molecule has 27 heavy (non-hydrogen) atoms. The number of anilines is 1. The molecule has 3 aromatic rings. The summed E-state index contributed by atoms with van der Waals surface area (Å²) in [5, 5.41) is 0. The molecule has 0 amide bonds. The first-order valence-corrected chi connectivity index (χ1v) is 8.98. The standard InChI is InChI=1S/C20H20BN5O/c1-25-19(27)11-18(17-8-9-22-13-23-17)24-20(25)26-10-4-5-14(12-26)15-6-2-3-7-16(15)21/h2-3,5-9,11,13H,4,10,12,21H2,1H3. The van der Waals surface area contributed by atoms with Crippen molar-refractivity contribution in [3.05, 3.63) is 70.9 Å². The highest BCUT2D eigenvalue weighted by molar-refractivity contribution is 6.34. The predicted molar refractivity (Wildman–Crippen MR) is 110 cm³/mol. The third kappa shape index (κ3) is 3.40. The second kappa shape index (κ2) is 7.19. The van der Waals surface area contributed by atoms with Gasteiger partial charge in [-0.05, 0) is 23.6 Å². The quantitative estimate of drug-likeness (QED) is 0.649. The van der Waals surface area contributed by atoms with Gasteiger partial charge in [-0.2, -0.15) is 0 Å². The van der Waals surface area contributed by atoms with Gasteiger partial charge in [-0.1, -0.05) is 35.8 Å². The minimum atomic E-state index is -0.0967. The van der Waals surface area contributed by atoms with Gasteiger partial charge in [0.05, 0.1) is 11.4 Å². The van der Waals surface area contributed by atoms with E-state index in [1.807, 2.05) is 0 Å². The second-order valence-corrected chi connectivity index (χ2v) is 6.69. The number of hydrogen-bond donors (Lipinski definition) is 0. The van der Waals surface area contributed by atoms with E-state index in [0.29, 0.717) is 17.3 Å². The second-order valence-electron chi connectivity index (χ2n) is 6.69. The molecule has 6 nitrogen and oxygen atoms in total. The van der Waals surface area contributed by atoms with Crippen molar-refractivity contribution in [2.24, 2.45) is 7.05 Å². The van der Waals surface area contributed by atoms with Gasteiger partial charge in [-0.15, -0.1) is 0 Å². The molecule has 0 spiro atoms. The Hall–Kier alpha value is -3.22. The van der Waals surface area contributed by atoms with Crippen molar-refractivity contribution >= 4 is 24.8 Å². The highest BCUT2D eigenvalue weighted by atomic mass is 16.1. The van der Waals surface area contributed by atoms with Crippen LogP contribution in [0.15, 0.2) is 59.8 Å². The molecule has 1 aromatic carbocycles. The van der Waals surface area contributed by atoms with Crippen LogP contribution in [0.2, 0.25) is 0 Å². The van der Waals surface area contributed by atoms with Gasteiger partial charge >= 0.3 is 0 Å². The molecule has 0 unspecified atom stereocenters. The molecule has 0 aliphatic carbocycles. The van der Waals surface area contributed by atoms with Crippen LogP contribution in [-0.2, 0) is 7.05 Å². The monoisotopic (exact) mass is 357 g/mol. The van der Waals surface area contributed by atoms with Crippen LogP contribution in [0.1, 0.15) is 12.0 Å². The summed E-state index contributed by atoms with van der Waals surface area (Å²) in [7, 11) is 3.89. The smallest absolute Gasteiger partial charge is 0.255 e. The fourth-order valence-corrected chi connectivity index (χ4v) is 3.43. The summed E-state index contributed by atoms with van der Waals surface area (Å²) >= 11 is 0. The van der Waals surface area contributed by atoms with E-state index >= 15 is 0 Å². The predicted octanol–water partition coefficient (Wildman–Crippen LogP) is 0.789. The van der Waals surface area contributed by atoms with E-state index in [2.05, 4.69) is 53.1 Å². The summed E-state index contributed by atoms with van der Waals surface area (Å²) in [6.45, 7) is 1.54. The normalized spacial score (nSPS) is 14.1. The lowest BCUT2D eigenvalue weighted by Crippen LogP contribution is -2.36. The van der Waals surface area contributed by atoms with Gasteiger partial charge in [-0.3, -0.25) is 9.36 Å². The van der Waals surface area contributed by atoms with E-state index in [1.54, 1.807) is 23.9 Å². The minimum Gasteiger partial charge on any atom is -0.338 e. The summed E-state index contributed by atoms with van der Waals surface area (Å²) in [5.74, 6) is 0.662. The summed E-state index contributed by atoms with van der Waals surface area (Å²) in [6, 6.07) is 11.7. The molecule has 0 saturated carbocycles. The van der Waals surface area contributed by atoms with Gasteiger partial charge in [0.15, 0.2) is 0 Å². The molecule has 1 aliphatic heterocycles. The van der Waals surface area contributed by atoms with Crippen LogP contribution in [0.4, 0.5) is 5.95 Å². The van der Waals surface area contributed by atoms with Crippen LogP contribution < -0.4 is 15.9 Å².